The number of benzene rings is 2. The first-order valence-corrected chi connectivity index (χ1v) is 9.85. The zero-order valence-electron chi connectivity index (χ0n) is 14.2. The summed E-state index contributed by atoms with van der Waals surface area (Å²) in [6.45, 7) is 1.87. The molecule has 1 amide bonds. The van der Waals surface area contributed by atoms with Gasteiger partial charge in [0.25, 0.3) is 0 Å². The van der Waals surface area contributed by atoms with Crippen molar-refractivity contribution < 1.29 is 9.53 Å². The van der Waals surface area contributed by atoms with Crippen molar-refractivity contribution in [3.63, 3.8) is 0 Å². The number of methoxy groups -OCH3 is 1. The Hall–Kier alpha value is -2.12. The van der Waals surface area contributed by atoms with E-state index in [1.54, 1.807) is 18.9 Å². The van der Waals surface area contributed by atoms with Crippen molar-refractivity contribution in [3.05, 3.63) is 42.5 Å². The predicted molar refractivity (Wildman–Crippen MR) is 105 cm³/mol. The van der Waals surface area contributed by atoms with Crippen LogP contribution >= 0.6 is 23.5 Å². The van der Waals surface area contributed by atoms with Crippen LogP contribution in [0.2, 0.25) is 0 Å². The number of anilines is 1. The molecule has 1 atom stereocenters. The summed E-state index contributed by atoms with van der Waals surface area (Å²) in [6.07, 6.45) is 1.99. The number of rotatable bonds is 6. The van der Waals surface area contributed by atoms with Crippen LogP contribution in [-0.4, -0.2) is 34.5 Å². The highest BCUT2D eigenvalue weighted by Crippen LogP contribution is 2.28. The standard InChI is InChI=1S/C18H19N3O2S2/c1-11(17(22)19-14-6-4-5-7-16(14)24-3)25-18-20-13-9-8-12(23-2)10-15(13)21-18/h4-11H,1-3H3,(H,19,22)(H,20,21). The topological polar surface area (TPSA) is 67.0 Å². The number of imidazole rings is 1. The molecular formula is C18H19N3O2S2. The second-order valence-corrected chi connectivity index (χ2v) is 7.55. The average molecular weight is 374 g/mol. The summed E-state index contributed by atoms with van der Waals surface area (Å²) in [6, 6.07) is 13.4. The summed E-state index contributed by atoms with van der Waals surface area (Å²) in [5.41, 5.74) is 2.58. The number of ether oxygens (including phenoxy) is 1. The van der Waals surface area contributed by atoms with Crippen molar-refractivity contribution >= 4 is 46.2 Å². The molecular weight excluding hydrogens is 354 g/mol. The molecule has 1 heterocycles. The van der Waals surface area contributed by atoms with Gasteiger partial charge in [-0.25, -0.2) is 4.98 Å². The Morgan fingerprint density at radius 3 is 2.84 bits per heavy atom. The summed E-state index contributed by atoms with van der Waals surface area (Å²) in [7, 11) is 1.63. The maximum Gasteiger partial charge on any atom is 0.237 e. The minimum absolute atomic E-state index is 0.0514. The van der Waals surface area contributed by atoms with Crippen molar-refractivity contribution in [2.75, 3.05) is 18.7 Å². The van der Waals surface area contributed by atoms with Gasteiger partial charge in [-0.3, -0.25) is 4.79 Å². The first-order valence-electron chi connectivity index (χ1n) is 7.75. The normalized spacial score (nSPS) is 12.1. The highest BCUT2D eigenvalue weighted by atomic mass is 32.2. The first kappa shape index (κ1) is 17.7. The fraction of sp³-hybridized carbons (Fsp3) is 0.222. The number of hydrogen-bond donors (Lipinski definition) is 2. The summed E-state index contributed by atoms with van der Waals surface area (Å²) in [5.74, 6) is 0.719. The molecule has 0 spiro atoms. The Bertz CT molecular complexity index is 895. The van der Waals surface area contributed by atoms with Crippen LogP contribution in [0.5, 0.6) is 5.75 Å². The minimum atomic E-state index is -0.280. The summed E-state index contributed by atoms with van der Waals surface area (Å²) < 4.78 is 5.22. The van der Waals surface area contributed by atoms with Crippen LogP contribution in [0, 0.1) is 0 Å². The number of amides is 1. The molecule has 0 aliphatic rings. The number of carbonyl (C=O) groups is 1. The number of carbonyl (C=O) groups excluding carboxylic acids is 1. The van der Waals surface area contributed by atoms with Crippen molar-refractivity contribution in [1.29, 1.82) is 0 Å². The smallest absolute Gasteiger partial charge is 0.237 e. The van der Waals surface area contributed by atoms with Gasteiger partial charge >= 0.3 is 0 Å². The molecule has 0 aliphatic carbocycles. The van der Waals surface area contributed by atoms with Gasteiger partial charge in [-0.15, -0.1) is 11.8 Å². The van der Waals surface area contributed by atoms with Gasteiger partial charge in [0.15, 0.2) is 5.16 Å². The number of aromatic nitrogens is 2. The number of aromatic amines is 1. The third-order valence-electron chi connectivity index (χ3n) is 3.69. The van der Waals surface area contributed by atoms with Gasteiger partial charge in [0.05, 0.1) is 29.1 Å². The van der Waals surface area contributed by atoms with Crippen LogP contribution in [0.4, 0.5) is 5.69 Å². The van der Waals surface area contributed by atoms with Gasteiger partial charge in [-0.1, -0.05) is 23.9 Å². The van der Waals surface area contributed by atoms with Crippen LogP contribution in [0.15, 0.2) is 52.5 Å². The maximum atomic E-state index is 12.5. The SMILES string of the molecule is COc1ccc2nc(SC(C)C(=O)Nc3ccccc3SC)[nH]c2c1. The molecule has 1 aromatic heterocycles. The minimum Gasteiger partial charge on any atom is -0.497 e. The molecule has 0 saturated heterocycles. The van der Waals surface area contributed by atoms with Gasteiger partial charge in [0.1, 0.15) is 5.75 Å². The van der Waals surface area contributed by atoms with E-state index in [2.05, 4.69) is 15.3 Å². The maximum absolute atomic E-state index is 12.5. The Labute approximate surface area is 154 Å². The monoisotopic (exact) mass is 373 g/mol. The lowest BCUT2D eigenvalue weighted by atomic mass is 10.3. The quantitative estimate of drug-likeness (QED) is 0.627. The van der Waals surface area contributed by atoms with Gasteiger partial charge in [-0.2, -0.15) is 0 Å². The van der Waals surface area contributed by atoms with E-state index in [9.17, 15) is 4.79 Å². The lowest BCUT2D eigenvalue weighted by Gasteiger charge is -2.12. The molecule has 130 valence electrons. The first-order chi connectivity index (χ1) is 12.1. The number of fused-ring (bicyclic) bond motifs is 1. The summed E-state index contributed by atoms with van der Waals surface area (Å²) >= 11 is 3.00. The van der Waals surface area contributed by atoms with Crippen LogP contribution in [0.3, 0.4) is 0 Å². The number of para-hydroxylation sites is 1. The van der Waals surface area contributed by atoms with E-state index in [1.807, 2.05) is 55.6 Å². The highest BCUT2D eigenvalue weighted by molar-refractivity contribution is 8.00. The van der Waals surface area contributed by atoms with Gasteiger partial charge < -0.3 is 15.0 Å². The molecule has 0 fully saturated rings. The fourth-order valence-corrected chi connectivity index (χ4v) is 3.73. The molecule has 0 aliphatic heterocycles. The lowest BCUT2D eigenvalue weighted by molar-refractivity contribution is -0.115. The zero-order chi connectivity index (χ0) is 17.8. The van der Waals surface area contributed by atoms with Gasteiger partial charge in [0.2, 0.25) is 5.91 Å². The molecule has 7 heteroatoms. The van der Waals surface area contributed by atoms with Crippen molar-refractivity contribution in [2.45, 2.75) is 22.2 Å². The Kier molecular flexibility index (Phi) is 5.55. The van der Waals surface area contributed by atoms with Gasteiger partial charge in [0, 0.05) is 11.0 Å². The Morgan fingerprint density at radius 2 is 2.08 bits per heavy atom. The second kappa shape index (κ2) is 7.84. The van der Waals surface area contributed by atoms with Crippen LogP contribution in [0.1, 0.15) is 6.92 Å². The van der Waals surface area contributed by atoms with Crippen LogP contribution in [-0.2, 0) is 4.79 Å². The zero-order valence-corrected chi connectivity index (χ0v) is 15.8. The highest BCUT2D eigenvalue weighted by Gasteiger charge is 2.18. The summed E-state index contributed by atoms with van der Waals surface area (Å²) in [4.78, 5) is 21.3. The Balaban J connectivity index is 1.70. The van der Waals surface area contributed by atoms with Crippen LogP contribution in [0.25, 0.3) is 11.0 Å². The average Bonchev–Trinajstić information content (AvgIpc) is 3.03. The third kappa shape index (κ3) is 4.11. The number of H-pyrrole nitrogens is 1. The van der Waals surface area contributed by atoms with E-state index in [-0.39, 0.29) is 11.2 Å². The second-order valence-electron chi connectivity index (χ2n) is 5.37. The molecule has 5 nitrogen and oxygen atoms in total. The van der Waals surface area contributed by atoms with Crippen molar-refractivity contribution in [1.82, 2.24) is 9.97 Å². The molecule has 25 heavy (non-hydrogen) atoms. The van der Waals surface area contributed by atoms with Crippen molar-refractivity contribution in [3.8, 4) is 5.75 Å². The number of nitrogens with one attached hydrogen (secondary N) is 2. The van der Waals surface area contributed by atoms with E-state index in [0.717, 1.165) is 27.4 Å². The van der Waals surface area contributed by atoms with E-state index in [1.165, 1.54) is 11.8 Å². The lowest BCUT2D eigenvalue weighted by Crippen LogP contribution is -2.22. The van der Waals surface area contributed by atoms with Crippen molar-refractivity contribution in [2.24, 2.45) is 0 Å². The number of nitrogens with zero attached hydrogens (tertiary/aromatic N) is 1. The van der Waals surface area contributed by atoms with E-state index >= 15 is 0 Å². The molecule has 3 rings (SSSR count). The molecule has 1 unspecified atom stereocenters. The van der Waals surface area contributed by atoms with Gasteiger partial charge in [-0.05, 0) is 37.4 Å². The largest absolute Gasteiger partial charge is 0.497 e. The van der Waals surface area contributed by atoms with E-state index in [4.69, 9.17) is 4.74 Å². The van der Waals surface area contributed by atoms with Crippen LogP contribution < -0.4 is 10.1 Å². The third-order valence-corrected chi connectivity index (χ3v) is 5.47. The number of thioether (sulfide) groups is 2. The molecule has 3 aromatic rings. The molecule has 0 saturated carbocycles. The molecule has 0 radical (unpaired) electrons. The van der Waals surface area contributed by atoms with E-state index < -0.39 is 0 Å². The number of hydrogen-bond acceptors (Lipinski definition) is 5. The predicted octanol–water partition coefficient (Wildman–Crippen LogP) is 4.41. The summed E-state index contributed by atoms with van der Waals surface area (Å²) in [5, 5.41) is 3.42. The Morgan fingerprint density at radius 1 is 1.28 bits per heavy atom. The van der Waals surface area contributed by atoms with E-state index in [0.29, 0.717) is 5.16 Å². The fourth-order valence-electron chi connectivity index (χ4n) is 2.35. The molecule has 0 bridgehead atoms. The molecule has 2 aromatic carbocycles. The molecule has 2 N–H and O–H groups in total.